The predicted molar refractivity (Wildman–Crippen MR) is 67.8 cm³/mol. The van der Waals surface area contributed by atoms with Gasteiger partial charge in [-0.25, -0.2) is 0 Å². The molecule has 0 saturated heterocycles. The first-order valence-corrected chi connectivity index (χ1v) is 6.33. The maximum absolute atomic E-state index is 11.3. The van der Waals surface area contributed by atoms with Gasteiger partial charge in [-0.2, -0.15) is 0 Å². The zero-order chi connectivity index (χ0) is 12.9. The van der Waals surface area contributed by atoms with Gasteiger partial charge in [-0.15, -0.1) is 0 Å². The van der Waals surface area contributed by atoms with Gasteiger partial charge in [-0.3, -0.25) is 4.79 Å². The van der Waals surface area contributed by atoms with Gasteiger partial charge in [0, 0.05) is 26.1 Å². The molecule has 102 valence electrons. The maximum atomic E-state index is 11.3. The van der Waals surface area contributed by atoms with Crippen LogP contribution in [-0.2, 0) is 14.3 Å². The lowest BCUT2D eigenvalue weighted by atomic mass is 10.3. The number of amides is 1. The molecule has 0 aliphatic carbocycles. The van der Waals surface area contributed by atoms with Crippen LogP contribution in [0.1, 0.15) is 33.1 Å². The molecule has 3 N–H and O–H groups in total. The molecule has 0 saturated carbocycles. The fourth-order valence-corrected chi connectivity index (χ4v) is 1.21. The molecule has 0 bridgehead atoms. The average Bonchev–Trinajstić information content (AvgIpc) is 2.29. The summed E-state index contributed by atoms with van der Waals surface area (Å²) >= 11 is 0. The van der Waals surface area contributed by atoms with Gasteiger partial charge in [0.25, 0.3) is 0 Å². The molecule has 5 heteroatoms. The normalized spacial score (nSPS) is 10.8. The van der Waals surface area contributed by atoms with Crippen molar-refractivity contribution < 1.29 is 14.3 Å². The Hall–Kier alpha value is -0.650. The topological polar surface area (TPSA) is 73.6 Å². The Morgan fingerprint density at radius 3 is 2.65 bits per heavy atom. The summed E-state index contributed by atoms with van der Waals surface area (Å²) in [5.41, 5.74) is 5.26. The number of nitrogens with two attached hydrogens (primary N) is 1. The second-order valence-electron chi connectivity index (χ2n) is 4.13. The van der Waals surface area contributed by atoms with Gasteiger partial charge in [-0.1, -0.05) is 0 Å². The number of carbonyl (C=O) groups excluding carboxylic acids is 1. The summed E-state index contributed by atoms with van der Waals surface area (Å²) < 4.78 is 10.5. The van der Waals surface area contributed by atoms with Crippen molar-refractivity contribution in [3.63, 3.8) is 0 Å². The number of nitrogens with one attached hydrogen (secondary N) is 1. The lowest BCUT2D eigenvalue weighted by molar-refractivity contribution is -0.122. The zero-order valence-electron chi connectivity index (χ0n) is 11.0. The molecule has 0 aromatic carbocycles. The first-order chi connectivity index (χ1) is 8.16. The summed E-state index contributed by atoms with van der Waals surface area (Å²) in [4.78, 5) is 11.3. The van der Waals surface area contributed by atoms with Crippen LogP contribution in [0.25, 0.3) is 0 Å². The van der Waals surface area contributed by atoms with Crippen LogP contribution in [0.15, 0.2) is 0 Å². The number of unbranched alkanes of at least 4 members (excludes halogenated alkanes) is 1. The van der Waals surface area contributed by atoms with Crippen LogP contribution in [0.4, 0.5) is 0 Å². The van der Waals surface area contributed by atoms with Crippen molar-refractivity contribution in [2.24, 2.45) is 5.73 Å². The van der Waals surface area contributed by atoms with Crippen LogP contribution in [0.3, 0.4) is 0 Å². The van der Waals surface area contributed by atoms with Crippen molar-refractivity contribution in [3.05, 3.63) is 0 Å². The van der Waals surface area contributed by atoms with Crippen molar-refractivity contribution in [3.8, 4) is 0 Å². The van der Waals surface area contributed by atoms with Gasteiger partial charge in [0.1, 0.15) is 0 Å². The van der Waals surface area contributed by atoms with Gasteiger partial charge < -0.3 is 20.5 Å². The molecule has 0 aliphatic heterocycles. The molecule has 0 radical (unpaired) electrons. The number of hydrogen-bond acceptors (Lipinski definition) is 4. The second-order valence-corrected chi connectivity index (χ2v) is 4.13. The number of carbonyl (C=O) groups is 1. The van der Waals surface area contributed by atoms with E-state index in [1.54, 1.807) is 0 Å². The van der Waals surface area contributed by atoms with Gasteiger partial charge in [0.2, 0.25) is 5.91 Å². The van der Waals surface area contributed by atoms with Crippen molar-refractivity contribution in [1.82, 2.24) is 5.32 Å². The van der Waals surface area contributed by atoms with E-state index in [0.717, 1.165) is 19.4 Å². The molecule has 0 heterocycles. The minimum absolute atomic E-state index is 0.0341. The molecular formula is C12H26N2O3. The zero-order valence-corrected chi connectivity index (χ0v) is 11.0. The fraction of sp³-hybridized carbons (Fsp3) is 0.917. The highest BCUT2D eigenvalue weighted by Crippen LogP contribution is 1.93. The standard InChI is InChI=1S/C12H26N2O3/c1-11(2)17-8-4-3-7-14-12(15)5-9-16-10-6-13/h11H,3-10,13H2,1-2H3,(H,14,15). The van der Waals surface area contributed by atoms with Crippen LogP contribution < -0.4 is 11.1 Å². The number of hydrogen-bond donors (Lipinski definition) is 2. The van der Waals surface area contributed by atoms with E-state index in [2.05, 4.69) is 5.32 Å². The third-order valence-electron chi connectivity index (χ3n) is 2.08. The first kappa shape index (κ1) is 16.4. The number of rotatable bonds is 11. The smallest absolute Gasteiger partial charge is 0.222 e. The van der Waals surface area contributed by atoms with E-state index in [4.69, 9.17) is 15.2 Å². The van der Waals surface area contributed by atoms with E-state index >= 15 is 0 Å². The Bertz CT molecular complexity index is 187. The monoisotopic (exact) mass is 246 g/mol. The van der Waals surface area contributed by atoms with E-state index < -0.39 is 0 Å². The van der Waals surface area contributed by atoms with Gasteiger partial charge in [0.15, 0.2) is 0 Å². The Kier molecular flexibility index (Phi) is 11.4. The third-order valence-corrected chi connectivity index (χ3v) is 2.08. The summed E-state index contributed by atoms with van der Waals surface area (Å²) in [5.74, 6) is 0.0341. The minimum Gasteiger partial charge on any atom is -0.380 e. The van der Waals surface area contributed by atoms with Crippen molar-refractivity contribution in [2.75, 3.05) is 32.9 Å². The lowest BCUT2D eigenvalue weighted by Gasteiger charge is -2.08. The van der Waals surface area contributed by atoms with Crippen LogP contribution in [0, 0.1) is 0 Å². The molecule has 17 heavy (non-hydrogen) atoms. The van der Waals surface area contributed by atoms with Crippen molar-refractivity contribution >= 4 is 5.91 Å². The highest BCUT2D eigenvalue weighted by Gasteiger charge is 2.00. The van der Waals surface area contributed by atoms with Crippen LogP contribution >= 0.6 is 0 Å². The minimum atomic E-state index is 0.0341. The van der Waals surface area contributed by atoms with Crippen molar-refractivity contribution in [1.29, 1.82) is 0 Å². The maximum Gasteiger partial charge on any atom is 0.222 e. The molecule has 1 amide bonds. The van der Waals surface area contributed by atoms with Crippen LogP contribution in [0.5, 0.6) is 0 Å². The highest BCUT2D eigenvalue weighted by atomic mass is 16.5. The Labute approximate surface area is 104 Å². The summed E-state index contributed by atoms with van der Waals surface area (Å²) in [7, 11) is 0. The highest BCUT2D eigenvalue weighted by molar-refractivity contribution is 5.75. The Morgan fingerprint density at radius 1 is 1.24 bits per heavy atom. The first-order valence-electron chi connectivity index (χ1n) is 6.33. The van der Waals surface area contributed by atoms with Gasteiger partial charge in [0.05, 0.1) is 19.3 Å². The van der Waals surface area contributed by atoms with E-state index in [1.165, 1.54) is 0 Å². The molecular weight excluding hydrogens is 220 g/mol. The predicted octanol–water partition coefficient (Wildman–Crippen LogP) is 0.673. The van der Waals surface area contributed by atoms with Crippen LogP contribution in [-0.4, -0.2) is 44.9 Å². The number of ether oxygens (including phenoxy) is 2. The molecule has 5 nitrogen and oxygen atoms in total. The van der Waals surface area contributed by atoms with E-state index in [-0.39, 0.29) is 12.0 Å². The lowest BCUT2D eigenvalue weighted by Crippen LogP contribution is -2.26. The Balaban J connectivity index is 3.16. The molecule has 0 rings (SSSR count). The van der Waals surface area contributed by atoms with E-state index in [9.17, 15) is 4.79 Å². The van der Waals surface area contributed by atoms with Crippen LogP contribution in [0.2, 0.25) is 0 Å². The molecule has 0 aromatic rings. The fourth-order valence-electron chi connectivity index (χ4n) is 1.21. The quantitative estimate of drug-likeness (QED) is 0.526. The molecule has 0 spiro atoms. The largest absolute Gasteiger partial charge is 0.380 e. The van der Waals surface area contributed by atoms with Crippen molar-refractivity contribution in [2.45, 2.75) is 39.2 Å². The molecule has 0 unspecified atom stereocenters. The Morgan fingerprint density at radius 2 is 2.00 bits per heavy atom. The summed E-state index contributed by atoms with van der Waals surface area (Å²) in [5, 5.41) is 2.84. The van der Waals surface area contributed by atoms with E-state index in [1.807, 2.05) is 13.8 Å². The van der Waals surface area contributed by atoms with E-state index in [0.29, 0.717) is 32.7 Å². The summed E-state index contributed by atoms with van der Waals surface area (Å²) in [6.45, 7) is 6.95. The third kappa shape index (κ3) is 13.3. The molecule has 0 atom stereocenters. The molecule has 0 aliphatic rings. The molecule has 0 aromatic heterocycles. The average molecular weight is 246 g/mol. The van der Waals surface area contributed by atoms with Gasteiger partial charge >= 0.3 is 0 Å². The SMILES string of the molecule is CC(C)OCCCCNC(=O)CCOCCN. The second kappa shape index (κ2) is 11.8. The summed E-state index contributed by atoms with van der Waals surface area (Å²) in [6, 6.07) is 0. The summed E-state index contributed by atoms with van der Waals surface area (Å²) in [6.07, 6.45) is 2.61. The van der Waals surface area contributed by atoms with Gasteiger partial charge in [-0.05, 0) is 26.7 Å². The molecule has 0 fully saturated rings.